The predicted molar refractivity (Wildman–Crippen MR) is 142 cm³/mol. The molecule has 1 rings (SSSR count). The normalized spacial score (nSPS) is 20.6. The van der Waals surface area contributed by atoms with E-state index in [2.05, 4.69) is 6.92 Å². The van der Waals surface area contributed by atoms with Gasteiger partial charge in [-0.05, 0) is 58.7 Å². The molecule has 6 nitrogen and oxygen atoms in total. The maximum Gasteiger partial charge on any atom is 0.472 e. The van der Waals surface area contributed by atoms with Gasteiger partial charge in [0.15, 0.2) is 0 Å². The molecule has 0 radical (unpaired) electrons. The first kappa shape index (κ1) is 32.1. The minimum atomic E-state index is -3.96. The molecule has 0 bridgehead atoms. The molecule has 1 fully saturated rings. The number of phosphoric acid groups is 1. The summed E-state index contributed by atoms with van der Waals surface area (Å²) in [4.78, 5) is 11.7. The Morgan fingerprint density at radius 2 is 1.26 bits per heavy atom. The number of hydrogen-bond donors (Lipinski definition) is 1. The van der Waals surface area contributed by atoms with E-state index in [0.717, 1.165) is 25.3 Å². The van der Waals surface area contributed by atoms with Gasteiger partial charge in [-0.1, -0.05) is 90.4 Å². The number of hydrogen-bond acceptors (Lipinski definition) is 5. The molecule has 7 heteroatoms. The largest absolute Gasteiger partial charge is 0.472 e. The van der Waals surface area contributed by atoms with E-state index in [9.17, 15) is 9.46 Å². The van der Waals surface area contributed by atoms with Crippen LogP contribution < -0.4 is 0 Å². The van der Waals surface area contributed by atoms with Crippen LogP contribution >= 0.6 is 7.82 Å². The second kappa shape index (κ2) is 21.1. The zero-order valence-corrected chi connectivity index (χ0v) is 23.6. The summed E-state index contributed by atoms with van der Waals surface area (Å²) < 4.78 is 27.7. The topological polar surface area (TPSA) is 68.2 Å². The fourth-order valence-corrected chi connectivity index (χ4v) is 5.57. The first-order chi connectivity index (χ1) is 16.4. The van der Waals surface area contributed by atoms with Crippen LogP contribution in [0.15, 0.2) is 0 Å². The number of phosphoric ester groups is 1. The van der Waals surface area contributed by atoms with Gasteiger partial charge in [-0.25, -0.2) is 4.57 Å². The molecule has 0 amide bonds. The molecule has 0 aromatic carbocycles. The van der Waals surface area contributed by atoms with Crippen LogP contribution in [0.25, 0.3) is 0 Å². The third-order valence-electron chi connectivity index (χ3n) is 6.96. The standard InChI is InChI=1S/C27H56NO5P/c1-4-5-6-7-8-9-10-11-12-13-14-15-17-26-18-20-27(21-19-26)31-24-25-33-34(29,30)32-23-16-22-28(2)3/h26-27H,4-25H2,1-3H3,(H,29,30). The lowest BCUT2D eigenvalue weighted by molar-refractivity contribution is -0.00231. The number of unbranched alkanes of at least 4 members (excludes halogenated alkanes) is 11. The second-order valence-corrected chi connectivity index (χ2v) is 11.9. The molecule has 1 unspecified atom stereocenters. The summed E-state index contributed by atoms with van der Waals surface area (Å²) in [6.45, 7) is 3.76. The highest BCUT2D eigenvalue weighted by Crippen LogP contribution is 2.43. The minimum Gasteiger partial charge on any atom is -0.376 e. The van der Waals surface area contributed by atoms with Crippen molar-refractivity contribution in [1.29, 1.82) is 0 Å². The van der Waals surface area contributed by atoms with Gasteiger partial charge < -0.3 is 14.5 Å². The Labute approximate surface area is 211 Å². The average Bonchev–Trinajstić information content (AvgIpc) is 2.81. The maximum absolute atomic E-state index is 11.9. The summed E-state index contributed by atoms with van der Waals surface area (Å²) >= 11 is 0. The van der Waals surface area contributed by atoms with Gasteiger partial charge >= 0.3 is 7.82 Å². The van der Waals surface area contributed by atoms with E-state index in [4.69, 9.17) is 13.8 Å². The molecular weight excluding hydrogens is 449 g/mol. The molecule has 0 aliphatic heterocycles. The third-order valence-corrected chi connectivity index (χ3v) is 7.97. The van der Waals surface area contributed by atoms with E-state index in [1.54, 1.807) is 0 Å². The predicted octanol–water partition coefficient (Wildman–Crippen LogP) is 7.74. The van der Waals surface area contributed by atoms with Crippen molar-refractivity contribution in [2.75, 3.05) is 40.5 Å². The Balaban J connectivity index is 1.90. The van der Waals surface area contributed by atoms with Crippen molar-refractivity contribution in [1.82, 2.24) is 4.90 Å². The quantitative estimate of drug-likeness (QED) is 0.113. The molecular formula is C27H56NO5P. The minimum absolute atomic E-state index is 0.0975. The zero-order valence-electron chi connectivity index (χ0n) is 22.7. The van der Waals surface area contributed by atoms with Crippen LogP contribution in [-0.4, -0.2) is 56.4 Å². The lowest BCUT2D eigenvalue weighted by Gasteiger charge is -2.28. The summed E-state index contributed by atoms with van der Waals surface area (Å²) in [6, 6.07) is 0. The number of nitrogens with zero attached hydrogens (tertiary/aromatic N) is 1. The van der Waals surface area contributed by atoms with Gasteiger partial charge in [0.25, 0.3) is 0 Å². The Bertz CT molecular complexity index is 497. The number of rotatable bonds is 23. The number of ether oxygens (including phenoxy) is 1. The summed E-state index contributed by atoms with van der Waals surface area (Å²) in [5, 5.41) is 0. The Hall–Kier alpha value is 0.0300. The highest BCUT2D eigenvalue weighted by molar-refractivity contribution is 7.47. The SMILES string of the molecule is CCCCCCCCCCCCCCC1CCC(OCCOP(=O)(O)OCCCN(C)C)CC1. The van der Waals surface area contributed by atoms with Crippen molar-refractivity contribution in [2.45, 2.75) is 129 Å². The molecule has 0 heterocycles. The summed E-state index contributed by atoms with van der Waals surface area (Å²) in [6.07, 6.45) is 24.0. The van der Waals surface area contributed by atoms with Gasteiger partial charge in [-0.3, -0.25) is 9.05 Å². The fraction of sp³-hybridized carbons (Fsp3) is 1.00. The maximum atomic E-state index is 11.9. The molecule has 34 heavy (non-hydrogen) atoms. The second-order valence-electron chi connectivity index (χ2n) is 10.5. The lowest BCUT2D eigenvalue weighted by atomic mass is 9.84. The first-order valence-corrected chi connectivity index (χ1v) is 15.8. The van der Waals surface area contributed by atoms with Gasteiger partial charge in [0.2, 0.25) is 0 Å². The van der Waals surface area contributed by atoms with E-state index in [0.29, 0.717) is 13.0 Å². The molecule has 0 aromatic heterocycles. The van der Waals surface area contributed by atoms with Crippen LogP contribution in [0.5, 0.6) is 0 Å². The van der Waals surface area contributed by atoms with Crippen molar-refractivity contribution < 1.29 is 23.2 Å². The molecule has 1 saturated carbocycles. The monoisotopic (exact) mass is 505 g/mol. The van der Waals surface area contributed by atoms with Crippen molar-refractivity contribution in [2.24, 2.45) is 5.92 Å². The Kier molecular flexibility index (Phi) is 19.9. The van der Waals surface area contributed by atoms with E-state index in [-0.39, 0.29) is 19.3 Å². The van der Waals surface area contributed by atoms with Crippen LogP contribution in [0.2, 0.25) is 0 Å². The summed E-state index contributed by atoms with van der Waals surface area (Å²) in [7, 11) is -0.0481. The third kappa shape index (κ3) is 19.2. The zero-order chi connectivity index (χ0) is 24.9. The van der Waals surface area contributed by atoms with Crippen molar-refractivity contribution in [3.63, 3.8) is 0 Å². The Morgan fingerprint density at radius 1 is 0.735 bits per heavy atom. The van der Waals surface area contributed by atoms with E-state index in [1.807, 2.05) is 19.0 Å². The van der Waals surface area contributed by atoms with E-state index >= 15 is 0 Å². The van der Waals surface area contributed by atoms with Gasteiger partial charge in [0.05, 0.1) is 25.9 Å². The van der Waals surface area contributed by atoms with Crippen molar-refractivity contribution >= 4 is 7.82 Å². The van der Waals surface area contributed by atoms with Crippen molar-refractivity contribution in [3.8, 4) is 0 Å². The molecule has 204 valence electrons. The summed E-state index contributed by atoms with van der Waals surface area (Å²) in [5.41, 5.74) is 0. The highest BCUT2D eigenvalue weighted by atomic mass is 31.2. The molecule has 0 spiro atoms. The molecule has 0 saturated heterocycles. The van der Waals surface area contributed by atoms with Crippen molar-refractivity contribution in [3.05, 3.63) is 0 Å². The highest BCUT2D eigenvalue weighted by Gasteiger charge is 2.23. The van der Waals surface area contributed by atoms with Crippen LogP contribution in [-0.2, 0) is 18.3 Å². The fourth-order valence-electron chi connectivity index (χ4n) is 4.83. The smallest absolute Gasteiger partial charge is 0.376 e. The summed E-state index contributed by atoms with van der Waals surface area (Å²) in [5.74, 6) is 0.854. The molecule has 1 N–H and O–H groups in total. The van der Waals surface area contributed by atoms with Crippen LogP contribution in [0, 0.1) is 5.92 Å². The van der Waals surface area contributed by atoms with Crippen LogP contribution in [0.4, 0.5) is 0 Å². The average molecular weight is 506 g/mol. The van der Waals surface area contributed by atoms with Gasteiger partial charge in [-0.15, -0.1) is 0 Å². The van der Waals surface area contributed by atoms with E-state index < -0.39 is 7.82 Å². The molecule has 1 aliphatic rings. The van der Waals surface area contributed by atoms with Gasteiger partial charge in [0.1, 0.15) is 0 Å². The van der Waals surface area contributed by atoms with Gasteiger partial charge in [0, 0.05) is 0 Å². The molecule has 0 aromatic rings. The molecule has 1 aliphatic carbocycles. The first-order valence-electron chi connectivity index (χ1n) is 14.3. The molecule has 1 atom stereocenters. The van der Waals surface area contributed by atoms with Crippen LogP contribution in [0.3, 0.4) is 0 Å². The van der Waals surface area contributed by atoms with E-state index in [1.165, 1.54) is 96.3 Å². The van der Waals surface area contributed by atoms with Gasteiger partial charge in [-0.2, -0.15) is 0 Å². The Morgan fingerprint density at radius 3 is 1.82 bits per heavy atom. The lowest BCUT2D eigenvalue weighted by Crippen LogP contribution is -2.23. The van der Waals surface area contributed by atoms with Crippen LogP contribution in [0.1, 0.15) is 122 Å².